The molecule has 0 atom stereocenters. The topological polar surface area (TPSA) is 101 Å². The van der Waals surface area contributed by atoms with E-state index >= 15 is 0 Å². The Morgan fingerprint density at radius 3 is 2.67 bits per heavy atom. The van der Waals surface area contributed by atoms with Gasteiger partial charge in [0.2, 0.25) is 17.7 Å². The van der Waals surface area contributed by atoms with E-state index in [2.05, 4.69) is 29.5 Å². The lowest BCUT2D eigenvalue weighted by molar-refractivity contribution is -0.125. The van der Waals surface area contributed by atoms with Gasteiger partial charge in [0.25, 0.3) is 0 Å². The van der Waals surface area contributed by atoms with Gasteiger partial charge in [-0.1, -0.05) is 19.9 Å². The van der Waals surface area contributed by atoms with Crippen LogP contribution in [0.25, 0.3) is 0 Å². The lowest BCUT2D eigenvalue weighted by atomic mass is 10.1. The molecule has 2 aromatic rings. The third kappa shape index (κ3) is 7.82. The van der Waals surface area contributed by atoms with Gasteiger partial charge in [0, 0.05) is 42.7 Å². The lowest BCUT2D eigenvalue weighted by Crippen LogP contribution is -2.41. The van der Waals surface area contributed by atoms with Gasteiger partial charge in [0.1, 0.15) is 12.3 Å². The Morgan fingerprint density at radius 1 is 1.20 bits per heavy atom. The van der Waals surface area contributed by atoms with E-state index in [0.29, 0.717) is 29.0 Å². The number of nitrogens with zero attached hydrogens (tertiary/aromatic N) is 2. The van der Waals surface area contributed by atoms with Gasteiger partial charge >= 0.3 is 0 Å². The van der Waals surface area contributed by atoms with Gasteiger partial charge in [-0.25, -0.2) is 4.98 Å². The molecule has 3 amide bonds. The van der Waals surface area contributed by atoms with Crippen molar-refractivity contribution in [3.8, 4) is 5.75 Å². The van der Waals surface area contributed by atoms with E-state index in [4.69, 9.17) is 4.74 Å². The molecular weight excluding hydrogens is 404 g/mol. The second-order valence-electron chi connectivity index (χ2n) is 7.10. The van der Waals surface area contributed by atoms with Crippen molar-refractivity contribution < 1.29 is 19.1 Å². The summed E-state index contributed by atoms with van der Waals surface area (Å²) in [6.45, 7) is 4.58. The summed E-state index contributed by atoms with van der Waals surface area (Å²) in [5.74, 6) is 0.172. The standard InChI is InChI=1S/C21H28N4O4S/c1-15(2)9-10-22-19(27)14-25(16-5-4-6-17(13-16)29-3)20(28)8-7-18(26)24-21-23-11-12-30-21/h4-6,11-13,15H,7-10,14H2,1-3H3,(H,22,27)(H,23,24,26). The van der Waals surface area contributed by atoms with E-state index in [-0.39, 0.29) is 37.1 Å². The van der Waals surface area contributed by atoms with Crippen LogP contribution in [0.15, 0.2) is 35.8 Å². The molecule has 0 bridgehead atoms. The van der Waals surface area contributed by atoms with Gasteiger partial charge in [-0.15, -0.1) is 11.3 Å². The van der Waals surface area contributed by atoms with Gasteiger partial charge in [-0.3, -0.25) is 14.4 Å². The summed E-state index contributed by atoms with van der Waals surface area (Å²) in [6.07, 6.45) is 2.41. The van der Waals surface area contributed by atoms with Crippen LogP contribution in [-0.2, 0) is 14.4 Å². The van der Waals surface area contributed by atoms with Crippen LogP contribution in [0.5, 0.6) is 5.75 Å². The van der Waals surface area contributed by atoms with Crippen molar-refractivity contribution in [3.05, 3.63) is 35.8 Å². The van der Waals surface area contributed by atoms with Crippen molar-refractivity contribution in [3.63, 3.8) is 0 Å². The SMILES string of the molecule is COc1cccc(N(CC(=O)NCCC(C)C)C(=O)CCC(=O)Nc2nccs2)c1. The second-order valence-corrected chi connectivity index (χ2v) is 7.99. The van der Waals surface area contributed by atoms with Crippen LogP contribution in [-0.4, -0.2) is 42.9 Å². The van der Waals surface area contributed by atoms with Crippen LogP contribution >= 0.6 is 11.3 Å². The summed E-state index contributed by atoms with van der Waals surface area (Å²) in [7, 11) is 1.53. The van der Waals surface area contributed by atoms with Crippen LogP contribution in [0.3, 0.4) is 0 Å². The molecule has 0 spiro atoms. The molecule has 1 aromatic heterocycles. The molecule has 1 aromatic carbocycles. The maximum Gasteiger partial charge on any atom is 0.240 e. The van der Waals surface area contributed by atoms with E-state index in [0.717, 1.165) is 6.42 Å². The maximum absolute atomic E-state index is 12.9. The molecule has 0 aliphatic heterocycles. The van der Waals surface area contributed by atoms with E-state index in [1.54, 1.807) is 35.8 Å². The Kier molecular flexibility index (Phi) is 9.27. The molecule has 0 radical (unpaired) electrons. The number of anilines is 2. The van der Waals surface area contributed by atoms with E-state index in [1.807, 2.05) is 0 Å². The first-order valence-electron chi connectivity index (χ1n) is 9.79. The third-order valence-electron chi connectivity index (χ3n) is 4.26. The first-order chi connectivity index (χ1) is 14.4. The highest BCUT2D eigenvalue weighted by Gasteiger charge is 2.21. The number of thiazole rings is 1. The van der Waals surface area contributed by atoms with Crippen LogP contribution in [0.2, 0.25) is 0 Å². The highest BCUT2D eigenvalue weighted by molar-refractivity contribution is 7.13. The fraction of sp³-hybridized carbons (Fsp3) is 0.429. The Hall–Kier alpha value is -2.94. The molecule has 0 saturated carbocycles. The number of methoxy groups -OCH3 is 1. The molecule has 0 saturated heterocycles. The zero-order valence-corrected chi connectivity index (χ0v) is 18.3. The fourth-order valence-corrected chi connectivity index (χ4v) is 3.17. The molecule has 8 nitrogen and oxygen atoms in total. The molecule has 0 aliphatic rings. The van der Waals surface area contributed by atoms with Crippen LogP contribution in [0.4, 0.5) is 10.8 Å². The Bertz CT molecular complexity index is 839. The van der Waals surface area contributed by atoms with Gasteiger partial charge < -0.3 is 20.3 Å². The molecular formula is C21H28N4O4S. The van der Waals surface area contributed by atoms with Crippen LogP contribution in [0, 0.1) is 5.92 Å². The third-order valence-corrected chi connectivity index (χ3v) is 4.94. The first kappa shape index (κ1) is 23.3. The zero-order chi connectivity index (χ0) is 21.9. The molecule has 1 heterocycles. The molecule has 9 heteroatoms. The van der Waals surface area contributed by atoms with E-state index < -0.39 is 0 Å². The fourth-order valence-electron chi connectivity index (χ4n) is 2.62. The van der Waals surface area contributed by atoms with E-state index in [9.17, 15) is 14.4 Å². The maximum atomic E-state index is 12.9. The molecule has 30 heavy (non-hydrogen) atoms. The van der Waals surface area contributed by atoms with Crippen molar-refractivity contribution >= 4 is 39.9 Å². The predicted molar refractivity (Wildman–Crippen MR) is 118 cm³/mol. The molecule has 0 aliphatic carbocycles. The number of carbonyl (C=O) groups excluding carboxylic acids is 3. The minimum Gasteiger partial charge on any atom is -0.497 e. The van der Waals surface area contributed by atoms with Crippen molar-refractivity contribution in [1.29, 1.82) is 0 Å². The molecule has 2 rings (SSSR count). The average molecular weight is 433 g/mol. The average Bonchev–Trinajstić information content (AvgIpc) is 3.23. The van der Waals surface area contributed by atoms with E-state index in [1.165, 1.54) is 23.3 Å². The van der Waals surface area contributed by atoms with Gasteiger partial charge in [0.05, 0.1) is 7.11 Å². The minimum absolute atomic E-state index is 0.00610. The number of benzene rings is 1. The normalized spacial score (nSPS) is 10.5. The van der Waals surface area contributed by atoms with Gasteiger partial charge in [-0.05, 0) is 24.5 Å². The number of nitrogens with one attached hydrogen (secondary N) is 2. The zero-order valence-electron chi connectivity index (χ0n) is 17.5. The van der Waals surface area contributed by atoms with Crippen molar-refractivity contribution in [2.45, 2.75) is 33.1 Å². The highest BCUT2D eigenvalue weighted by Crippen LogP contribution is 2.22. The monoisotopic (exact) mass is 432 g/mol. The largest absolute Gasteiger partial charge is 0.497 e. The number of aromatic nitrogens is 1. The number of amides is 3. The minimum atomic E-state index is -0.323. The van der Waals surface area contributed by atoms with Gasteiger partial charge in [0.15, 0.2) is 5.13 Å². The summed E-state index contributed by atoms with van der Waals surface area (Å²) in [5.41, 5.74) is 0.540. The smallest absolute Gasteiger partial charge is 0.240 e. The molecule has 0 fully saturated rings. The van der Waals surface area contributed by atoms with Crippen molar-refractivity contribution in [1.82, 2.24) is 10.3 Å². The van der Waals surface area contributed by atoms with Crippen LogP contribution < -0.4 is 20.3 Å². The quantitative estimate of drug-likeness (QED) is 0.568. The van der Waals surface area contributed by atoms with Crippen molar-refractivity contribution in [2.24, 2.45) is 5.92 Å². The van der Waals surface area contributed by atoms with Crippen LogP contribution in [0.1, 0.15) is 33.1 Å². The molecule has 162 valence electrons. The number of rotatable bonds is 11. The lowest BCUT2D eigenvalue weighted by Gasteiger charge is -2.23. The summed E-state index contributed by atoms with van der Waals surface area (Å²) in [6, 6.07) is 6.93. The first-order valence-corrected chi connectivity index (χ1v) is 10.7. The molecule has 2 N–H and O–H groups in total. The summed E-state index contributed by atoms with van der Waals surface area (Å²) >= 11 is 1.31. The Labute approximate surface area is 180 Å². The Balaban J connectivity index is 2.02. The molecule has 0 unspecified atom stereocenters. The number of hydrogen-bond donors (Lipinski definition) is 2. The summed E-state index contributed by atoms with van der Waals surface area (Å²) in [4.78, 5) is 42.7. The Morgan fingerprint density at radius 2 is 2.00 bits per heavy atom. The number of carbonyl (C=O) groups is 3. The summed E-state index contributed by atoms with van der Waals surface area (Å²) in [5, 5.41) is 7.73. The number of hydrogen-bond acceptors (Lipinski definition) is 6. The number of ether oxygens (including phenoxy) is 1. The predicted octanol–water partition coefficient (Wildman–Crippen LogP) is 3.07. The highest BCUT2D eigenvalue weighted by atomic mass is 32.1. The van der Waals surface area contributed by atoms with Crippen molar-refractivity contribution in [2.75, 3.05) is 30.4 Å². The second kappa shape index (κ2) is 11.9. The summed E-state index contributed by atoms with van der Waals surface area (Å²) < 4.78 is 5.23. The van der Waals surface area contributed by atoms with Gasteiger partial charge in [-0.2, -0.15) is 0 Å².